The first-order valence-corrected chi connectivity index (χ1v) is 11.1. The standard InChI is InChI=1S/C26H32O6/c1-26(2,3)32-25(29)20(12-8-7-11-18-9-5-4-6-10-18)21(24(27)28)15-19-13-14-22-23(16-19)31-17-30-22/h4-6,9-10,13-14,16,20-21H,7-8,11-12,15,17H2,1-3H3,(H,27,28)/t20-,21-/m0/s1. The number of ether oxygens (including phenoxy) is 3. The van der Waals surface area contributed by atoms with E-state index in [0.29, 0.717) is 17.9 Å². The van der Waals surface area contributed by atoms with Crippen molar-refractivity contribution in [2.75, 3.05) is 6.79 Å². The molecule has 0 aromatic heterocycles. The molecule has 6 nitrogen and oxygen atoms in total. The van der Waals surface area contributed by atoms with Gasteiger partial charge in [-0.15, -0.1) is 0 Å². The summed E-state index contributed by atoms with van der Waals surface area (Å²) < 4.78 is 16.4. The number of benzene rings is 2. The highest BCUT2D eigenvalue weighted by atomic mass is 16.7. The van der Waals surface area contributed by atoms with Crippen LogP contribution in [-0.2, 0) is 27.2 Å². The first kappa shape index (κ1) is 23.6. The lowest BCUT2D eigenvalue weighted by Crippen LogP contribution is -2.36. The van der Waals surface area contributed by atoms with Gasteiger partial charge in [0.15, 0.2) is 11.5 Å². The Balaban J connectivity index is 1.72. The molecule has 1 N–H and O–H groups in total. The van der Waals surface area contributed by atoms with Crippen LogP contribution in [0.15, 0.2) is 48.5 Å². The van der Waals surface area contributed by atoms with Crippen molar-refractivity contribution in [3.8, 4) is 11.5 Å². The summed E-state index contributed by atoms with van der Waals surface area (Å²) in [5.41, 5.74) is 1.34. The minimum atomic E-state index is -0.999. The molecule has 32 heavy (non-hydrogen) atoms. The Labute approximate surface area is 189 Å². The molecule has 2 aromatic rings. The van der Waals surface area contributed by atoms with Crippen molar-refractivity contribution >= 4 is 11.9 Å². The maximum absolute atomic E-state index is 13.0. The van der Waals surface area contributed by atoms with E-state index >= 15 is 0 Å². The Morgan fingerprint density at radius 3 is 2.38 bits per heavy atom. The molecule has 0 saturated carbocycles. The van der Waals surface area contributed by atoms with Gasteiger partial charge in [-0.05, 0) is 69.7 Å². The number of aryl methyl sites for hydroxylation is 1. The number of fused-ring (bicyclic) bond motifs is 1. The van der Waals surface area contributed by atoms with Crippen molar-refractivity contribution in [3.63, 3.8) is 0 Å². The van der Waals surface area contributed by atoms with Gasteiger partial charge in [-0.3, -0.25) is 9.59 Å². The van der Waals surface area contributed by atoms with E-state index in [1.807, 2.05) is 24.3 Å². The predicted molar refractivity (Wildman–Crippen MR) is 121 cm³/mol. The lowest BCUT2D eigenvalue weighted by Gasteiger charge is -2.27. The Bertz CT molecular complexity index is 916. The number of aliphatic carboxylic acids is 1. The monoisotopic (exact) mass is 440 g/mol. The number of carbonyl (C=O) groups is 2. The van der Waals surface area contributed by atoms with Crippen molar-refractivity contribution in [1.29, 1.82) is 0 Å². The second-order valence-corrected chi connectivity index (χ2v) is 9.21. The Kier molecular flexibility index (Phi) is 7.78. The van der Waals surface area contributed by atoms with Gasteiger partial charge in [0, 0.05) is 0 Å². The minimum Gasteiger partial charge on any atom is -0.481 e. The van der Waals surface area contributed by atoms with Crippen molar-refractivity contribution < 1.29 is 28.9 Å². The zero-order chi connectivity index (χ0) is 23.1. The number of carbonyl (C=O) groups excluding carboxylic acids is 1. The summed E-state index contributed by atoms with van der Waals surface area (Å²) in [4.78, 5) is 25.3. The molecule has 6 heteroatoms. The highest BCUT2D eigenvalue weighted by Crippen LogP contribution is 2.34. The van der Waals surface area contributed by atoms with E-state index in [9.17, 15) is 14.7 Å². The number of carboxylic acids is 1. The van der Waals surface area contributed by atoms with E-state index in [0.717, 1.165) is 24.8 Å². The lowest BCUT2D eigenvalue weighted by molar-refractivity contribution is -0.167. The summed E-state index contributed by atoms with van der Waals surface area (Å²) in [6.07, 6.45) is 3.18. The molecule has 0 spiro atoms. The molecule has 0 saturated heterocycles. The molecule has 0 amide bonds. The maximum atomic E-state index is 13.0. The fourth-order valence-electron chi connectivity index (χ4n) is 3.92. The zero-order valence-corrected chi connectivity index (χ0v) is 19.0. The number of esters is 1. The van der Waals surface area contributed by atoms with Crippen molar-refractivity contribution in [1.82, 2.24) is 0 Å². The van der Waals surface area contributed by atoms with Crippen LogP contribution < -0.4 is 9.47 Å². The third-order valence-corrected chi connectivity index (χ3v) is 5.48. The second kappa shape index (κ2) is 10.5. The number of hydrogen-bond donors (Lipinski definition) is 1. The van der Waals surface area contributed by atoms with Gasteiger partial charge < -0.3 is 19.3 Å². The van der Waals surface area contributed by atoms with Crippen molar-refractivity contribution in [2.45, 2.75) is 58.5 Å². The molecule has 1 aliphatic rings. The molecule has 172 valence electrons. The molecule has 0 fully saturated rings. The number of unbranched alkanes of at least 4 members (excludes halogenated alkanes) is 1. The third-order valence-electron chi connectivity index (χ3n) is 5.48. The zero-order valence-electron chi connectivity index (χ0n) is 19.0. The number of rotatable bonds is 10. The summed E-state index contributed by atoms with van der Waals surface area (Å²) in [7, 11) is 0. The molecule has 0 radical (unpaired) electrons. The molecule has 0 bridgehead atoms. The van der Waals surface area contributed by atoms with Gasteiger partial charge in [0.1, 0.15) is 5.60 Å². The summed E-state index contributed by atoms with van der Waals surface area (Å²) in [5.74, 6) is -1.82. The highest BCUT2D eigenvalue weighted by molar-refractivity contribution is 5.81. The summed E-state index contributed by atoms with van der Waals surface area (Å²) in [5, 5.41) is 10.0. The van der Waals surface area contributed by atoms with Crippen LogP contribution in [0, 0.1) is 11.8 Å². The molecular weight excluding hydrogens is 408 g/mol. The molecular formula is C26H32O6. The molecule has 2 atom stereocenters. The van der Waals surface area contributed by atoms with Crippen LogP contribution in [0.3, 0.4) is 0 Å². The fourth-order valence-corrected chi connectivity index (χ4v) is 3.92. The quantitative estimate of drug-likeness (QED) is 0.412. The van der Waals surface area contributed by atoms with Crippen molar-refractivity contribution in [3.05, 3.63) is 59.7 Å². The third kappa shape index (κ3) is 6.74. The van der Waals surface area contributed by atoms with Crippen LogP contribution >= 0.6 is 0 Å². The number of carboxylic acid groups (broad SMARTS) is 1. The number of hydrogen-bond acceptors (Lipinski definition) is 5. The van der Waals surface area contributed by atoms with Gasteiger partial charge in [-0.1, -0.05) is 42.8 Å². The summed E-state index contributed by atoms with van der Waals surface area (Å²) in [6, 6.07) is 15.5. The smallest absolute Gasteiger partial charge is 0.310 e. The van der Waals surface area contributed by atoms with Crippen LogP contribution in [0.2, 0.25) is 0 Å². The maximum Gasteiger partial charge on any atom is 0.310 e. The fraction of sp³-hybridized carbons (Fsp3) is 0.462. The van der Waals surface area contributed by atoms with Crippen LogP contribution in [-0.4, -0.2) is 29.4 Å². The van der Waals surface area contributed by atoms with Gasteiger partial charge in [0.2, 0.25) is 6.79 Å². The van der Waals surface area contributed by atoms with E-state index in [2.05, 4.69) is 12.1 Å². The molecule has 0 unspecified atom stereocenters. The topological polar surface area (TPSA) is 82.1 Å². The first-order chi connectivity index (χ1) is 15.2. The van der Waals surface area contributed by atoms with Gasteiger partial charge in [0.05, 0.1) is 11.8 Å². The Morgan fingerprint density at radius 2 is 1.69 bits per heavy atom. The van der Waals surface area contributed by atoms with E-state index in [-0.39, 0.29) is 13.2 Å². The molecule has 1 aliphatic heterocycles. The molecule has 3 rings (SSSR count). The van der Waals surface area contributed by atoms with Gasteiger partial charge >= 0.3 is 11.9 Å². The first-order valence-electron chi connectivity index (χ1n) is 11.1. The Morgan fingerprint density at radius 1 is 0.969 bits per heavy atom. The average molecular weight is 441 g/mol. The van der Waals surface area contributed by atoms with Gasteiger partial charge in [-0.2, -0.15) is 0 Å². The van der Waals surface area contributed by atoms with E-state index in [1.54, 1.807) is 32.9 Å². The van der Waals surface area contributed by atoms with E-state index in [1.165, 1.54) is 5.56 Å². The van der Waals surface area contributed by atoms with E-state index in [4.69, 9.17) is 14.2 Å². The summed E-state index contributed by atoms with van der Waals surface area (Å²) >= 11 is 0. The second-order valence-electron chi connectivity index (χ2n) is 9.21. The lowest BCUT2D eigenvalue weighted by atomic mass is 9.83. The van der Waals surface area contributed by atoms with Crippen molar-refractivity contribution in [2.24, 2.45) is 11.8 Å². The molecule has 0 aliphatic carbocycles. The molecule has 2 aromatic carbocycles. The minimum absolute atomic E-state index is 0.156. The summed E-state index contributed by atoms with van der Waals surface area (Å²) in [6.45, 7) is 5.55. The average Bonchev–Trinajstić information content (AvgIpc) is 3.19. The van der Waals surface area contributed by atoms with Crippen LogP contribution in [0.5, 0.6) is 11.5 Å². The van der Waals surface area contributed by atoms with E-state index < -0.39 is 29.4 Å². The van der Waals surface area contributed by atoms with Crippen LogP contribution in [0.25, 0.3) is 0 Å². The molecule has 1 heterocycles. The van der Waals surface area contributed by atoms with Gasteiger partial charge in [0.25, 0.3) is 0 Å². The Hall–Kier alpha value is -3.02. The van der Waals surface area contributed by atoms with Crippen LogP contribution in [0.1, 0.15) is 51.2 Å². The largest absolute Gasteiger partial charge is 0.481 e. The highest BCUT2D eigenvalue weighted by Gasteiger charge is 2.36. The van der Waals surface area contributed by atoms with Gasteiger partial charge in [-0.25, -0.2) is 0 Å². The van der Waals surface area contributed by atoms with Crippen LogP contribution in [0.4, 0.5) is 0 Å². The normalized spacial score (nSPS) is 14.6. The predicted octanol–water partition coefficient (Wildman–Crippen LogP) is 5.03. The SMILES string of the molecule is CC(C)(C)OC(=O)[C@@H](CCCCc1ccccc1)[C@H](Cc1ccc2c(c1)OCO2)C(=O)O.